The van der Waals surface area contributed by atoms with Gasteiger partial charge in [0.05, 0.1) is 0 Å². The van der Waals surface area contributed by atoms with Crippen molar-refractivity contribution >= 4 is 41.7 Å². The number of aliphatic imine (C=N–C) groups is 1. The zero-order valence-electron chi connectivity index (χ0n) is 12.1. The first-order chi connectivity index (χ1) is 9.75. The van der Waals surface area contributed by atoms with Gasteiger partial charge in [0.25, 0.3) is 0 Å². The number of rotatable bonds is 7. The Morgan fingerprint density at radius 2 is 2.14 bits per heavy atom. The summed E-state index contributed by atoms with van der Waals surface area (Å²) in [6.07, 6.45) is 3.91. The number of hydrogen-bond acceptors (Lipinski definition) is 2. The maximum absolute atomic E-state index is 13.4. The normalized spacial score (nSPS) is 15.2. The Hall–Kier alpha value is -0.500. The van der Waals surface area contributed by atoms with Gasteiger partial charge in [-0.2, -0.15) is 11.8 Å². The maximum Gasteiger partial charge on any atom is 0.188 e. The van der Waals surface area contributed by atoms with Crippen molar-refractivity contribution in [2.24, 2.45) is 16.6 Å². The lowest BCUT2D eigenvalue weighted by molar-refractivity contribution is 0.326. The topological polar surface area (TPSA) is 50.4 Å². The lowest BCUT2D eigenvalue weighted by atomic mass is 9.86. The second-order valence-corrected chi connectivity index (χ2v) is 6.20. The van der Waals surface area contributed by atoms with Gasteiger partial charge in [-0.1, -0.05) is 24.6 Å². The van der Waals surface area contributed by atoms with Crippen molar-refractivity contribution in [3.05, 3.63) is 35.6 Å². The van der Waals surface area contributed by atoms with Crippen LogP contribution in [0.1, 0.15) is 24.8 Å². The molecule has 3 N–H and O–H groups in total. The third kappa shape index (κ3) is 6.86. The van der Waals surface area contributed by atoms with E-state index in [0.29, 0.717) is 11.7 Å². The second-order valence-electron chi connectivity index (χ2n) is 5.09. The van der Waals surface area contributed by atoms with Gasteiger partial charge < -0.3 is 11.1 Å². The second kappa shape index (κ2) is 10.3. The van der Waals surface area contributed by atoms with E-state index in [2.05, 4.69) is 10.3 Å². The highest BCUT2D eigenvalue weighted by Gasteiger charge is 2.16. The lowest BCUT2D eigenvalue weighted by Gasteiger charge is -2.23. The first-order valence-electron chi connectivity index (χ1n) is 7.10. The highest BCUT2D eigenvalue weighted by Crippen LogP contribution is 2.26. The molecule has 2 rings (SSSR count). The molecule has 0 amide bonds. The van der Waals surface area contributed by atoms with Crippen molar-refractivity contribution in [2.75, 3.05) is 18.8 Å². The molecule has 118 valence electrons. The lowest BCUT2D eigenvalue weighted by Crippen LogP contribution is -2.34. The monoisotopic (exact) mass is 423 g/mol. The van der Waals surface area contributed by atoms with Gasteiger partial charge in [0.15, 0.2) is 5.96 Å². The van der Waals surface area contributed by atoms with Crippen molar-refractivity contribution < 1.29 is 4.39 Å². The highest BCUT2D eigenvalue weighted by atomic mass is 127. The van der Waals surface area contributed by atoms with Gasteiger partial charge in [0.2, 0.25) is 0 Å². The first-order valence-corrected chi connectivity index (χ1v) is 8.26. The van der Waals surface area contributed by atoms with Crippen LogP contribution in [0.4, 0.5) is 4.39 Å². The van der Waals surface area contributed by atoms with Crippen LogP contribution >= 0.6 is 35.7 Å². The fourth-order valence-electron chi connectivity index (χ4n) is 2.01. The Morgan fingerprint density at radius 3 is 2.81 bits per heavy atom. The zero-order chi connectivity index (χ0) is 14.2. The van der Waals surface area contributed by atoms with E-state index in [-0.39, 0.29) is 29.8 Å². The maximum atomic E-state index is 13.4. The number of nitrogens with zero attached hydrogens (tertiary/aromatic N) is 1. The molecule has 0 spiro atoms. The summed E-state index contributed by atoms with van der Waals surface area (Å²) in [6, 6.07) is 6.90. The number of benzene rings is 1. The smallest absolute Gasteiger partial charge is 0.188 e. The summed E-state index contributed by atoms with van der Waals surface area (Å²) in [4.78, 5) is 4.33. The molecular formula is C15H23FIN3S. The van der Waals surface area contributed by atoms with E-state index >= 15 is 0 Å². The highest BCUT2D eigenvalue weighted by molar-refractivity contribution is 14.0. The van der Waals surface area contributed by atoms with Crippen molar-refractivity contribution in [3.63, 3.8) is 0 Å². The number of guanidine groups is 1. The molecule has 6 heteroatoms. The number of nitrogens with one attached hydrogen (secondary N) is 1. The summed E-state index contributed by atoms with van der Waals surface area (Å²) in [5, 5.41) is 3.10. The van der Waals surface area contributed by atoms with Gasteiger partial charge in [-0.25, -0.2) is 4.39 Å². The minimum atomic E-state index is -0.130. The standard InChI is InChI=1S/C15H22FN3S.HI/c16-14-7-2-1-6-13(14)11-20-9-8-18-15(17)19-10-12-4-3-5-12;/h1-2,6-7,12H,3-5,8-11H2,(H3,17,18,19);1H. The Balaban J connectivity index is 0.00000220. The van der Waals surface area contributed by atoms with Gasteiger partial charge in [-0.15, -0.1) is 24.0 Å². The largest absolute Gasteiger partial charge is 0.370 e. The predicted molar refractivity (Wildman–Crippen MR) is 99.8 cm³/mol. The van der Waals surface area contributed by atoms with Crippen molar-refractivity contribution in [2.45, 2.75) is 25.0 Å². The molecule has 0 aliphatic heterocycles. The van der Waals surface area contributed by atoms with Gasteiger partial charge >= 0.3 is 0 Å². The first kappa shape index (κ1) is 18.5. The molecule has 1 aliphatic carbocycles. The van der Waals surface area contributed by atoms with E-state index < -0.39 is 0 Å². The molecular weight excluding hydrogens is 400 g/mol. The predicted octanol–water partition coefficient (Wildman–Crippen LogP) is 3.38. The summed E-state index contributed by atoms with van der Waals surface area (Å²) in [6.45, 7) is 1.61. The molecule has 0 aromatic heterocycles. The van der Waals surface area contributed by atoms with Gasteiger partial charge in [0.1, 0.15) is 5.82 Å². The van der Waals surface area contributed by atoms with Crippen molar-refractivity contribution in [1.82, 2.24) is 5.32 Å². The minimum Gasteiger partial charge on any atom is -0.370 e. The molecule has 21 heavy (non-hydrogen) atoms. The Bertz CT molecular complexity index is 452. The Labute approximate surface area is 147 Å². The molecule has 1 aromatic rings. The summed E-state index contributed by atoms with van der Waals surface area (Å²) in [5.74, 6) is 2.71. The average Bonchev–Trinajstić information content (AvgIpc) is 2.38. The van der Waals surface area contributed by atoms with Crippen LogP contribution in [0.3, 0.4) is 0 Å². The minimum absolute atomic E-state index is 0. The van der Waals surface area contributed by atoms with Crippen LogP contribution in [0.5, 0.6) is 0 Å². The summed E-state index contributed by atoms with van der Waals surface area (Å²) >= 11 is 1.69. The molecule has 0 saturated heterocycles. The fraction of sp³-hybridized carbons (Fsp3) is 0.533. The van der Waals surface area contributed by atoms with Crippen LogP contribution in [-0.2, 0) is 5.75 Å². The molecule has 3 nitrogen and oxygen atoms in total. The van der Waals surface area contributed by atoms with E-state index in [1.807, 2.05) is 12.1 Å². The molecule has 0 atom stereocenters. The van der Waals surface area contributed by atoms with Gasteiger partial charge in [-0.3, -0.25) is 4.99 Å². The van der Waals surface area contributed by atoms with E-state index in [0.717, 1.165) is 30.3 Å². The van der Waals surface area contributed by atoms with Crippen LogP contribution in [0, 0.1) is 11.7 Å². The van der Waals surface area contributed by atoms with E-state index in [9.17, 15) is 4.39 Å². The van der Waals surface area contributed by atoms with E-state index in [1.165, 1.54) is 25.3 Å². The Morgan fingerprint density at radius 1 is 1.38 bits per heavy atom. The zero-order valence-corrected chi connectivity index (χ0v) is 15.2. The summed E-state index contributed by atoms with van der Waals surface area (Å²) in [7, 11) is 0. The quantitative estimate of drug-likeness (QED) is 0.306. The summed E-state index contributed by atoms with van der Waals surface area (Å²) in [5.41, 5.74) is 6.54. The van der Waals surface area contributed by atoms with Gasteiger partial charge in [-0.05, 0) is 30.4 Å². The average molecular weight is 423 g/mol. The van der Waals surface area contributed by atoms with Crippen LogP contribution in [0.15, 0.2) is 29.3 Å². The fourth-order valence-corrected chi connectivity index (χ4v) is 2.85. The van der Waals surface area contributed by atoms with Crippen LogP contribution in [-0.4, -0.2) is 24.8 Å². The molecule has 0 unspecified atom stereocenters. The number of nitrogens with two attached hydrogens (primary N) is 1. The third-order valence-corrected chi connectivity index (χ3v) is 4.52. The van der Waals surface area contributed by atoms with Crippen LogP contribution in [0.2, 0.25) is 0 Å². The molecule has 1 aliphatic rings. The molecule has 1 aromatic carbocycles. The SMILES string of the molecule is I.NC(=NCC1CCC1)NCCSCc1ccccc1F. The van der Waals surface area contributed by atoms with E-state index in [1.54, 1.807) is 17.8 Å². The number of hydrogen-bond donors (Lipinski definition) is 2. The molecule has 0 bridgehead atoms. The molecule has 1 fully saturated rings. The van der Waals surface area contributed by atoms with Gasteiger partial charge in [0, 0.05) is 24.6 Å². The molecule has 1 saturated carbocycles. The number of thioether (sulfide) groups is 1. The third-order valence-electron chi connectivity index (χ3n) is 3.51. The Kier molecular flexibility index (Phi) is 9.07. The van der Waals surface area contributed by atoms with Crippen molar-refractivity contribution in [1.29, 1.82) is 0 Å². The number of halogens is 2. The van der Waals surface area contributed by atoms with E-state index in [4.69, 9.17) is 5.73 Å². The van der Waals surface area contributed by atoms with Crippen molar-refractivity contribution in [3.8, 4) is 0 Å². The molecule has 0 radical (unpaired) electrons. The molecule has 0 heterocycles. The summed E-state index contributed by atoms with van der Waals surface area (Å²) < 4.78 is 13.4. The van der Waals surface area contributed by atoms with Crippen LogP contribution < -0.4 is 11.1 Å². The van der Waals surface area contributed by atoms with Crippen LogP contribution in [0.25, 0.3) is 0 Å².